The van der Waals surface area contributed by atoms with E-state index in [9.17, 15) is 18.0 Å². The second kappa shape index (κ2) is 9.69. The van der Waals surface area contributed by atoms with E-state index in [0.29, 0.717) is 12.1 Å². The number of hydrogen-bond acceptors (Lipinski definition) is 4. The van der Waals surface area contributed by atoms with Gasteiger partial charge in [-0.25, -0.2) is 13.1 Å². The van der Waals surface area contributed by atoms with Gasteiger partial charge in [0.1, 0.15) is 0 Å². The number of nitrogens with one attached hydrogen (secondary N) is 2. The molecule has 0 spiro atoms. The number of ketones is 1. The summed E-state index contributed by atoms with van der Waals surface area (Å²) in [6.07, 6.45) is 2.86. The Labute approximate surface area is 176 Å². The molecule has 0 radical (unpaired) electrons. The molecule has 0 atom stereocenters. The number of nitrogens with zero attached hydrogens (tertiary/aromatic N) is 1. The van der Waals surface area contributed by atoms with Crippen LogP contribution in [-0.2, 0) is 21.4 Å². The third-order valence-electron chi connectivity index (χ3n) is 4.79. The molecule has 0 aliphatic heterocycles. The maximum atomic E-state index is 12.3. The van der Waals surface area contributed by atoms with Crippen molar-refractivity contribution in [1.29, 1.82) is 0 Å². The summed E-state index contributed by atoms with van der Waals surface area (Å²) in [5.41, 5.74) is 1.61. The van der Waals surface area contributed by atoms with Crippen LogP contribution in [-0.4, -0.2) is 37.8 Å². The van der Waals surface area contributed by atoms with Crippen molar-refractivity contribution in [2.75, 3.05) is 13.1 Å². The second-order valence-corrected chi connectivity index (χ2v) is 8.77. The smallest absolute Gasteiger partial charge is 0.240 e. The fourth-order valence-corrected chi connectivity index (χ4v) is 4.18. The highest BCUT2D eigenvalue weighted by molar-refractivity contribution is 7.89. The highest BCUT2D eigenvalue weighted by Crippen LogP contribution is 2.15. The lowest BCUT2D eigenvalue weighted by molar-refractivity contribution is -0.120. The minimum Gasteiger partial charge on any atom is -0.356 e. The quantitative estimate of drug-likeness (QED) is 0.384. The van der Waals surface area contributed by atoms with Crippen molar-refractivity contribution in [1.82, 2.24) is 14.6 Å². The molecular formula is C22H25N3O4S. The molecule has 1 aromatic heterocycles. The molecule has 0 fully saturated rings. The Morgan fingerprint density at radius 2 is 1.70 bits per heavy atom. The van der Waals surface area contributed by atoms with Gasteiger partial charge < -0.3 is 9.88 Å². The molecule has 0 bridgehead atoms. The number of carbonyl (C=O) groups excluding carboxylic acids is 2. The molecule has 3 rings (SSSR count). The van der Waals surface area contributed by atoms with Crippen LogP contribution < -0.4 is 10.0 Å². The van der Waals surface area contributed by atoms with Crippen LogP contribution in [0.5, 0.6) is 0 Å². The number of carbonyl (C=O) groups is 2. The molecule has 7 nitrogen and oxygen atoms in total. The Bertz CT molecular complexity index is 1130. The van der Waals surface area contributed by atoms with Gasteiger partial charge in [-0.2, -0.15) is 0 Å². The highest BCUT2D eigenvalue weighted by atomic mass is 32.2. The molecule has 3 aromatic rings. The maximum absolute atomic E-state index is 12.3. The van der Waals surface area contributed by atoms with Crippen molar-refractivity contribution in [2.24, 2.45) is 0 Å². The third kappa shape index (κ3) is 5.55. The lowest BCUT2D eigenvalue weighted by Gasteiger charge is -2.09. The standard InChI is InChI=1S/C22H25N3O4S/c1-17(26)18-7-9-20(10-8-18)30(28,29)24-14-11-22(27)23-13-4-15-25-16-12-19-5-2-3-6-21(19)25/h2-3,5-10,12,16,24H,4,11,13-15H2,1H3,(H,23,27). The minimum absolute atomic E-state index is 0.00483. The fraction of sp³-hybridized carbons (Fsp3) is 0.273. The summed E-state index contributed by atoms with van der Waals surface area (Å²) in [5.74, 6) is -0.337. The van der Waals surface area contributed by atoms with E-state index >= 15 is 0 Å². The zero-order valence-corrected chi connectivity index (χ0v) is 17.6. The van der Waals surface area contributed by atoms with E-state index in [1.165, 1.54) is 36.6 Å². The Morgan fingerprint density at radius 1 is 0.967 bits per heavy atom. The van der Waals surface area contributed by atoms with Crippen molar-refractivity contribution >= 4 is 32.6 Å². The van der Waals surface area contributed by atoms with Crippen LogP contribution in [0.15, 0.2) is 65.7 Å². The summed E-state index contributed by atoms with van der Waals surface area (Å²) in [6, 6.07) is 15.9. The van der Waals surface area contributed by atoms with E-state index < -0.39 is 10.0 Å². The van der Waals surface area contributed by atoms with Gasteiger partial charge in [-0.1, -0.05) is 30.3 Å². The molecule has 1 amide bonds. The number of rotatable bonds is 10. The summed E-state index contributed by atoms with van der Waals surface area (Å²) in [7, 11) is -3.72. The Hall–Kier alpha value is -2.97. The first-order valence-corrected chi connectivity index (χ1v) is 11.3. The predicted octanol–water partition coefficient (Wildman–Crippen LogP) is 2.72. The lowest BCUT2D eigenvalue weighted by Crippen LogP contribution is -2.31. The minimum atomic E-state index is -3.72. The molecule has 1 heterocycles. The van der Waals surface area contributed by atoms with E-state index in [2.05, 4.69) is 32.8 Å². The maximum Gasteiger partial charge on any atom is 0.240 e. The number of para-hydroxylation sites is 1. The van der Waals surface area contributed by atoms with Gasteiger partial charge in [0.2, 0.25) is 15.9 Å². The van der Waals surface area contributed by atoms with Crippen LogP contribution in [0.2, 0.25) is 0 Å². The molecular weight excluding hydrogens is 402 g/mol. The van der Waals surface area contributed by atoms with Crippen molar-refractivity contribution in [3.8, 4) is 0 Å². The average Bonchev–Trinajstić information content (AvgIpc) is 3.14. The summed E-state index contributed by atoms with van der Waals surface area (Å²) < 4.78 is 29.1. The van der Waals surface area contributed by atoms with E-state index in [1.54, 1.807) is 0 Å². The van der Waals surface area contributed by atoms with Gasteiger partial charge in [-0.05, 0) is 43.0 Å². The van der Waals surface area contributed by atoms with Gasteiger partial charge in [-0.3, -0.25) is 9.59 Å². The average molecular weight is 428 g/mol. The molecule has 158 valence electrons. The number of sulfonamides is 1. The van der Waals surface area contributed by atoms with Crippen molar-refractivity contribution < 1.29 is 18.0 Å². The van der Waals surface area contributed by atoms with Gasteiger partial charge in [-0.15, -0.1) is 0 Å². The number of amides is 1. The summed E-state index contributed by atoms with van der Waals surface area (Å²) >= 11 is 0. The molecule has 2 aromatic carbocycles. The Morgan fingerprint density at radius 3 is 2.43 bits per heavy atom. The van der Waals surface area contributed by atoms with Gasteiger partial charge >= 0.3 is 0 Å². The molecule has 0 saturated heterocycles. The van der Waals surface area contributed by atoms with Gasteiger partial charge in [0, 0.05) is 43.3 Å². The topological polar surface area (TPSA) is 97.3 Å². The van der Waals surface area contributed by atoms with E-state index in [-0.39, 0.29) is 29.6 Å². The van der Waals surface area contributed by atoms with Crippen LogP contribution in [0.4, 0.5) is 0 Å². The van der Waals surface area contributed by atoms with Gasteiger partial charge in [0.05, 0.1) is 4.90 Å². The normalized spacial score (nSPS) is 11.5. The monoisotopic (exact) mass is 427 g/mol. The van der Waals surface area contributed by atoms with Crippen LogP contribution in [0.3, 0.4) is 0 Å². The van der Waals surface area contributed by atoms with Gasteiger partial charge in [0.15, 0.2) is 5.78 Å². The lowest BCUT2D eigenvalue weighted by atomic mass is 10.2. The predicted molar refractivity (Wildman–Crippen MR) is 116 cm³/mol. The Balaban J connectivity index is 1.38. The highest BCUT2D eigenvalue weighted by Gasteiger charge is 2.14. The first-order chi connectivity index (χ1) is 14.4. The zero-order valence-electron chi connectivity index (χ0n) is 16.8. The molecule has 0 saturated carbocycles. The third-order valence-corrected chi connectivity index (χ3v) is 6.27. The number of aromatic nitrogens is 1. The summed E-state index contributed by atoms with van der Waals surface area (Å²) in [6.45, 7) is 2.73. The van der Waals surface area contributed by atoms with E-state index in [1.807, 2.05) is 18.3 Å². The SMILES string of the molecule is CC(=O)c1ccc(S(=O)(=O)NCCC(=O)NCCCn2ccc3ccccc32)cc1. The molecule has 2 N–H and O–H groups in total. The molecule has 0 aliphatic rings. The van der Waals surface area contributed by atoms with Crippen molar-refractivity contribution in [2.45, 2.75) is 31.2 Å². The van der Waals surface area contributed by atoms with Crippen LogP contribution >= 0.6 is 0 Å². The Kier molecular flexibility index (Phi) is 7.02. The number of hydrogen-bond donors (Lipinski definition) is 2. The van der Waals surface area contributed by atoms with E-state index in [0.717, 1.165) is 18.5 Å². The summed E-state index contributed by atoms with van der Waals surface area (Å²) in [4.78, 5) is 23.3. The molecule has 0 aliphatic carbocycles. The number of fused-ring (bicyclic) bond motifs is 1. The molecule has 0 unspecified atom stereocenters. The zero-order chi connectivity index (χ0) is 21.6. The van der Waals surface area contributed by atoms with Gasteiger partial charge in [0.25, 0.3) is 0 Å². The molecule has 30 heavy (non-hydrogen) atoms. The largest absolute Gasteiger partial charge is 0.356 e. The van der Waals surface area contributed by atoms with Crippen molar-refractivity contribution in [3.63, 3.8) is 0 Å². The second-order valence-electron chi connectivity index (χ2n) is 7.00. The fourth-order valence-electron chi connectivity index (χ4n) is 3.15. The van der Waals surface area contributed by atoms with Crippen LogP contribution in [0.1, 0.15) is 30.1 Å². The number of benzene rings is 2. The van der Waals surface area contributed by atoms with Crippen LogP contribution in [0.25, 0.3) is 10.9 Å². The number of aryl methyl sites for hydroxylation is 1. The van der Waals surface area contributed by atoms with Crippen molar-refractivity contribution in [3.05, 3.63) is 66.4 Å². The first kappa shape index (κ1) is 21.7. The van der Waals surface area contributed by atoms with Crippen LogP contribution in [0, 0.1) is 0 Å². The first-order valence-electron chi connectivity index (χ1n) is 9.78. The van der Waals surface area contributed by atoms with E-state index in [4.69, 9.17) is 0 Å². The molecule has 8 heteroatoms. The number of Topliss-reactive ketones (excluding diaryl/α,β-unsaturated/α-hetero) is 1. The summed E-state index contributed by atoms with van der Waals surface area (Å²) in [5, 5.41) is 4.00.